The van der Waals surface area contributed by atoms with Gasteiger partial charge in [-0.1, -0.05) is 0 Å². The van der Waals surface area contributed by atoms with Gasteiger partial charge in [0, 0.05) is 45.4 Å². The summed E-state index contributed by atoms with van der Waals surface area (Å²) < 4.78 is 5.75. The number of amides is 2. The summed E-state index contributed by atoms with van der Waals surface area (Å²) in [5.41, 5.74) is 5.08. The molecule has 0 aromatic rings. The number of hydrogen-bond donors (Lipinski definition) is 1. The third kappa shape index (κ3) is 4.18. The van der Waals surface area contributed by atoms with Crippen molar-refractivity contribution in [2.24, 2.45) is 27.8 Å². The second kappa shape index (κ2) is 7.52. The van der Waals surface area contributed by atoms with Crippen molar-refractivity contribution in [3.05, 3.63) is 0 Å². The Labute approximate surface area is 148 Å². The molecule has 3 aliphatic heterocycles. The fourth-order valence-corrected chi connectivity index (χ4v) is 3.99. The number of primary amides is 1. The molecule has 2 N–H and O–H groups in total. The Balaban J connectivity index is 1.42. The van der Waals surface area contributed by atoms with E-state index in [9.17, 15) is 9.59 Å². The van der Waals surface area contributed by atoms with Gasteiger partial charge in [0.05, 0.1) is 12.0 Å². The maximum absolute atomic E-state index is 12.4. The second-order valence-electron chi connectivity index (χ2n) is 7.24. The summed E-state index contributed by atoms with van der Waals surface area (Å²) >= 11 is 0. The Bertz CT molecular complexity index is 584. The van der Waals surface area contributed by atoms with E-state index in [0.29, 0.717) is 51.3 Å². The number of hydrogen-bond acceptors (Lipinski definition) is 5. The summed E-state index contributed by atoms with van der Waals surface area (Å²) in [6, 6.07) is 0. The normalized spacial score (nSPS) is 27.9. The number of terminal acetylenes is 1. The van der Waals surface area contributed by atoms with Crippen molar-refractivity contribution in [3.8, 4) is 12.3 Å². The van der Waals surface area contributed by atoms with Crippen molar-refractivity contribution in [1.82, 2.24) is 4.90 Å². The number of ether oxygens (including phenoxy) is 1. The van der Waals surface area contributed by atoms with Gasteiger partial charge >= 0.3 is 0 Å². The van der Waals surface area contributed by atoms with Crippen LogP contribution in [0.15, 0.2) is 10.2 Å². The number of nitrogens with two attached hydrogens (primary N) is 1. The molecule has 2 atom stereocenters. The minimum atomic E-state index is -0.396. The van der Waals surface area contributed by atoms with E-state index in [1.165, 1.54) is 0 Å². The Hall–Kier alpha value is -1.94. The van der Waals surface area contributed by atoms with Crippen LogP contribution in [0.4, 0.5) is 0 Å². The van der Waals surface area contributed by atoms with Crippen LogP contribution in [0.5, 0.6) is 0 Å². The van der Waals surface area contributed by atoms with Crippen molar-refractivity contribution >= 4 is 11.8 Å². The molecule has 136 valence electrons. The first-order chi connectivity index (χ1) is 12.0. The molecule has 2 amide bonds. The van der Waals surface area contributed by atoms with Gasteiger partial charge in [-0.05, 0) is 25.2 Å². The van der Waals surface area contributed by atoms with Crippen LogP contribution < -0.4 is 5.73 Å². The monoisotopic (exact) mass is 346 g/mol. The van der Waals surface area contributed by atoms with Crippen LogP contribution in [-0.2, 0) is 14.3 Å². The van der Waals surface area contributed by atoms with Gasteiger partial charge in [0.15, 0.2) is 5.66 Å². The number of carbonyl (C=O) groups is 2. The highest BCUT2D eigenvalue weighted by Gasteiger charge is 2.41. The average Bonchev–Trinajstić information content (AvgIpc) is 3.21. The van der Waals surface area contributed by atoms with Crippen LogP contribution in [0, 0.1) is 24.2 Å². The number of carbonyl (C=O) groups excluding carboxylic acids is 2. The van der Waals surface area contributed by atoms with Crippen LogP contribution >= 0.6 is 0 Å². The summed E-state index contributed by atoms with van der Waals surface area (Å²) in [5.74, 6) is 2.60. The molecular weight excluding hydrogens is 320 g/mol. The van der Waals surface area contributed by atoms with E-state index in [1.807, 2.05) is 4.90 Å². The van der Waals surface area contributed by atoms with Crippen LogP contribution in [-0.4, -0.2) is 48.2 Å². The fourth-order valence-electron chi connectivity index (χ4n) is 3.99. The molecule has 0 saturated carbocycles. The van der Waals surface area contributed by atoms with E-state index in [4.69, 9.17) is 16.9 Å². The number of nitrogens with zero attached hydrogens (tertiary/aromatic N) is 3. The standard InChI is InChI=1S/C18H26N4O3/c1-2-3-8-18(20-21-18)9-4-15(23)22-10-5-13(6-11-22)16-14(17(19)24)7-12-25-16/h1,13-14,16H,3-12H2,(H2,19,24)/t14-,16+/m1/s1. The van der Waals surface area contributed by atoms with Crippen LogP contribution in [0.1, 0.15) is 44.9 Å². The number of likely N-dealkylation sites (tertiary alicyclic amines) is 1. The Morgan fingerprint density at radius 2 is 1.96 bits per heavy atom. The van der Waals surface area contributed by atoms with Crippen molar-refractivity contribution in [2.75, 3.05) is 19.7 Å². The lowest BCUT2D eigenvalue weighted by molar-refractivity contribution is -0.134. The number of rotatable bonds is 7. The smallest absolute Gasteiger partial charge is 0.223 e. The van der Waals surface area contributed by atoms with Crippen LogP contribution in [0.3, 0.4) is 0 Å². The highest BCUT2D eigenvalue weighted by atomic mass is 16.5. The zero-order chi connectivity index (χ0) is 17.9. The third-order valence-corrected chi connectivity index (χ3v) is 5.65. The number of piperidine rings is 1. The minimum absolute atomic E-state index is 0.0779. The summed E-state index contributed by atoms with van der Waals surface area (Å²) in [6.45, 7) is 2.02. The molecular formula is C18H26N4O3. The van der Waals surface area contributed by atoms with Crippen LogP contribution in [0.25, 0.3) is 0 Å². The zero-order valence-corrected chi connectivity index (χ0v) is 14.5. The maximum atomic E-state index is 12.4. The van der Waals surface area contributed by atoms with Crippen molar-refractivity contribution < 1.29 is 14.3 Å². The molecule has 7 heteroatoms. The Morgan fingerprint density at radius 1 is 1.24 bits per heavy atom. The van der Waals surface area contributed by atoms with Crippen LogP contribution in [0.2, 0.25) is 0 Å². The first-order valence-electron chi connectivity index (χ1n) is 9.11. The van der Waals surface area contributed by atoms with Crippen molar-refractivity contribution in [2.45, 2.75) is 56.7 Å². The summed E-state index contributed by atoms with van der Waals surface area (Å²) in [4.78, 5) is 25.9. The predicted octanol–water partition coefficient (Wildman–Crippen LogP) is 1.47. The van der Waals surface area contributed by atoms with Gasteiger partial charge in [-0.15, -0.1) is 12.3 Å². The topological polar surface area (TPSA) is 97.3 Å². The van der Waals surface area contributed by atoms with Gasteiger partial charge < -0.3 is 15.4 Å². The summed E-state index contributed by atoms with van der Waals surface area (Å²) in [5, 5.41) is 8.15. The van der Waals surface area contributed by atoms with Gasteiger partial charge in [0.2, 0.25) is 11.8 Å². The van der Waals surface area contributed by atoms with Gasteiger partial charge in [0.1, 0.15) is 0 Å². The molecule has 0 aromatic heterocycles. The van der Waals surface area contributed by atoms with E-state index in [1.54, 1.807) is 0 Å². The molecule has 3 rings (SSSR count). The quantitative estimate of drug-likeness (QED) is 0.707. The molecule has 0 bridgehead atoms. The molecule has 3 aliphatic rings. The zero-order valence-electron chi connectivity index (χ0n) is 14.5. The molecule has 0 radical (unpaired) electrons. The van der Waals surface area contributed by atoms with Crippen molar-refractivity contribution in [3.63, 3.8) is 0 Å². The molecule has 7 nitrogen and oxygen atoms in total. The van der Waals surface area contributed by atoms with E-state index in [2.05, 4.69) is 16.1 Å². The molecule has 0 unspecified atom stereocenters. The summed E-state index contributed by atoms with van der Waals surface area (Å²) in [7, 11) is 0. The molecule has 25 heavy (non-hydrogen) atoms. The van der Waals surface area contributed by atoms with Gasteiger partial charge in [-0.25, -0.2) is 0 Å². The lowest BCUT2D eigenvalue weighted by atomic mass is 9.84. The van der Waals surface area contributed by atoms with Gasteiger partial charge in [-0.3, -0.25) is 9.59 Å². The van der Waals surface area contributed by atoms with E-state index < -0.39 is 5.66 Å². The third-order valence-electron chi connectivity index (χ3n) is 5.65. The highest BCUT2D eigenvalue weighted by Crippen LogP contribution is 2.38. The lowest BCUT2D eigenvalue weighted by Gasteiger charge is -2.35. The maximum Gasteiger partial charge on any atom is 0.223 e. The Morgan fingerprint density at radius 3 is 2.56 bits per heavy atom. The van der Waals surface area contributed by atoms with Crippen molar-refractivity contribution in [1.29, 1.82) is 0 Å². The molecule has 0 spiro atoms. The molecule has 3 heterocycles. The largest absolute Gasteiger partial charge is 0.377 e. The minimum Gasteiger partial charge on any atom is -0.377 e. The second-order valence-corrected chi connectivity index (χ2v) is 7.24. The van der Waals surface area contributed by atoms with Gasteiger partial charge in [-0.2, -0.15) is 10.2 Å². The molecule has 0 aromatic carbocycles. The molecule has 0 aliphatic carbocycles. The SMILES string of the molecule is C#CCCC1(CCC(=O)N2CCC([C@@H]3OCC[C@H]3C(N)=O)CC2)N=N1. The average molecular weight is 346 g/mol. The lowest BCUT2D eigenvalue weighted by Crippen LogP contribution is -2.44. The first-order valence-corrected chi connectivity index (χ1v) is 9.11. The molecule has 2 saturated heterocycles. The van der Waals surface area contributed by atoms with Gasteiger partial charge in [0.25, 0.3) is 0 Å². The first kappa shape index (κ1) is 17.9. The van der Waals surface area contributed by atoms with E-state index in [0.717, 1.165) is 19.3 Å². The highest BCUT2D eigenvalue weighted by molar-refractivity contribution is 5.78. The van der Waals surface area contributed by atoms with E-state index in [-0.39, 0.29) is 23.8 Å². The molecule has 2 fully saturated rings. The fraction of sp³-hybridized carbons (Fsp3) is 0.778. The summed E-state index contributed by atoms with van der Waals surface area (Å²) in [6.07, 6.45) is 10.1. The predicted molar refractivity (Wildman–Crippen MR) is 91.2 cm³/mol. The Kier molecular flexibility index (Phi) is 5.38. The van der Waals surface area contributed by atoms with E-state index >= 15 is 0 Å².